The number of anilines is 1. The Hall–Kier alpha value is -2.72. The Morgan fingerprint density at radius 1 is 1.00 bits per heavy atom. The van der Waals surface area contributed by atoms with Crippen molar-refractivity contribution in [3.05, 3.63) is 60.2 Å². The lowest BCUT2D eigenvalue weighted by Gasteiger charge is -2.35. The number of para-hydroxylation sites is 1. The molecule has 10 heteroatoms. The average Bonchev–Trinajstić information content (AvgIpc) is 2.74. The van der Waals surface area contributed by atoms with E-state index in [9.17, 15) is 22.0 Å². The van der Waals surface area contributed by atoms with Crippen LogP contribution in [-0.2, 0) is 14.8 Å². The molecule has 1 N–H and O–H groups in total. The van der Waals surface area contributed by atoms with Crippen molar-refractivity contribution in [3.63, 3.8) is 0 Å². The van der Waals surface area contributed by atoms with E-state index in [0.29, 0.717) is 26.2 Å². The molecule has 7 nitrogen and oxygen atoms in total. The number of amides is 1. The van der Waals surface area contributed by atoms with Gasteiger partial charge in [-0.1, -0.05) is 12.1 Å². The molecule has 162 valence electrons. The second-order valence-corrected chi connectivity index (χ2v) is 8.84. The number of nitrogens with zero attached hydrogens (tertiary/aromatic N) is 2. The fourth-order valence-corrected chi connectivity index (χ4v) is 4.42. The lowest BCUT2D eigenvalue weighted by Crippen LogP contribution is -2.50. The summed E-state index contributed by atoms with van der Waals surface area (Å²) in [5, 5.41) is 2.47. The van der Waals surface area contributed by atoms with Gasteiger partial charge in [-0.3, -0.25) is 4.79 Å². The van der Waals surface area contributed by atoms with E-state index in [1.165, 1.54) is 34.6 Å². The van der Waals surface area contributed by atoms with Crippen LogP contribution in [0.1, 0.15) is 0 Å². The van der Waals surface area contributed by atoms with Gasteiger partial charge in [-0.2, -0.15) is 4.31 Å². The van der Waals surface area contributed by atoms with Crippen LogP contribution in [0.3, 0.4) is 0 Å². The van der Waals surface area contributed by atoms with Crippen LogP contribution in [0.2, 0.25) is 0 Å². The van der Waals surface area contributed by atoms with Gasteiger partial charge in [-0.15, -0.1) is 0 Å². The standard InChI is InChI=1S/C20H23F2N3O4S/c21-16-5-7-17(8-6-16)24-10-12-25(13-11-24)30(27,28)14-9-23-20(26)15-29-19-4-2-1-3-18(19)22/h1-8H,9-15H2,(H,23,26). The van der Waals surface area contributed by atoms with E-state index in [0.717, 1.165) is 5.69 Å². The fourth-order valence-electron chi connectivity index (χ4n) is 3.08. The third-order valence-electron chi connectivity index (χ3n) is 4.70. The predicted octanol–water partition coefficient (Wildman–Crippen LogP) is 1.61. The van der Waals surface area contributed by atoms with Crippen molar-refractivity contribution < 1.29 is 26.7 Å². The molecule has 1 aliphatic heterocycles. The van der Waals surface area contributed by atoms with Crippen LogP contribution >= 0.6 is 0 Å². The molecule has 0 aliphatic carbocycles. The molecular formula is C20H23F2N3O4S. The zero-order valence-corrected chi connectivity index (χ0v) is 17.1. The van der Waals surface area contributed by atoms with Crippen molar-refractivity contribution in [2.45, 2.75) is 0 Å². The number of carbonyl (C=O) groups excluding carboxylic acids is 1. The van der Waals surface area contributed by atoms with Crippen LogP contribution < -0.4 is 15.0 Å². The summed E-state index contributed by atoms with van der Waals surface area (Å²) in [4.78, 5) is 13.8. The molecule has 0 spiro atoms. The predicted molar refractivity (Wildman–Crippen MR) is 109 cm³/mol. The molecule has 30 heavy (non-hydrogen) atoms. The van der Waals surface area contributed by atoms with E-state index < -0.39 is 28.4 Å². The number of halogens is 2. The maximum atomic E-state index is 13.4. The molecule has 1 fully saturated rings. The molecule has 1 aliphatic rings. The van der Waals surface area contributed by atoms with Gasteiger partial charge in [0.05, 0.1) is 5.75 Å². The molecule has 0 unspecified atom stereocenters. The second-order valence-electron chi connectivity index (χ2n) is 6.75. The first-order valence-electron chi connectivity index (χ1n) is 9.47. The highest BCUT2D eigenvalue weighted by molar-refractivity contribution is 7.89. The molecule has 3 rings (SSSR count). The zero-order valence-electron chi connectivity index (χ0n) is 16.3. The third-order valence-corrected chi connectivity index (χ3v) is 6.57. The highest BCUT2D eigenvalue weighted by Gasteiger charge is 2.26. The maximum absolute atomic E-state index is 13.4. The molecule has 2 aromatic carbocycles. The van der Waals surface area contributed by atoms with E-state index in [1.807, 2.05) is 4.90 Å². The summed E-state index contributed by atoms with van der Waals surface area (Å²) in [5.74, 6) is -1.71. The Kier molecular flexibility index (Phi) is 7.22. The van der Waals surface area contributed by atoms with Crippen molar-refractivity contribution in [2.75, 3.05) is 50.0 Å². The Bertz CT molecular complexity index is 962. The first-order valence-corrected chi connectivity index (χ1v) is 11.1. The minimum absolute atomic E-state index is 0.0423. The summed E-state index contributed by atoms with van der Waals surface area (Å²) in [6.45, 7) is 1.13. The van der Waals surface area contributed by atoms with Crippen molar-refractivity contribution in [2.24, 2.45) is 0 Å². The van der Waals surface area contributed by atoms with Gasteiger partial charge >= 0.3 is 0 Å². The third kappa shape index (κ3) is 5.90. The van der Waals surface area contributed by atoms with E-state index >= 15 is 0 Å². The number of ether oxygens (including phenoxy) is 1. The molecule has 0 bridgehead atoms. The minimum atomic E-state index is -3.53. The maximum Gasteiger partial charge on any atom is 0.257 e. The fraction of sp³-hybridized carbons (Fsp3) is 0.350. The van der Waals surface area contributed by atoms with Crippen LogP contribution in [0.25, 0.3) is 0 Å². The number of rotatable bonds is 8. The first kappa shape index (κ1) is 22.0. The van der Waals surface area contributed by atoms with Crippen molar-refractivity contribution >= 4 is 21.6 Å². The summed E-state index contributed by atoms with van der Waals surface area (Å²) >= 11 is 0. The van der Waals surface area contributed by atoms with Crippen molar-refractivity contribution in [1.29, 1.82) is 0 Å². The van der Waals surface area contributed by atoms with Crippen LogP contribution in [-0.4, -0.2) is 63.7 Å². The van der Waals surface area contributed by atoms with Crippen molar-refractivity contribution in [1.82, 2.24) is 9.62 Å². The normalized spacial score (nSPS) is 15.1. The Morgan fingerprint density at radius 2 is 1.67 bits per heavy atom. The van der Waals surface area contributed by atoms with Crippen LogP contribution in [0.5, 0.6) is 5.75 Å². The topological polar surface area (TPSA) is 78.9 Å². The number of piperazine rings is 1. The lowest BCUT2D eigenvalue weighted by molar-refractivity contribution is -0.123. The van der Waals surface area contributed by atoms with Crippen LogP contribution in [0.15, 0.2) is 48.5 Å². The van der Waals surface area contributed by atoms with E-state index in [4.69, 9.17) is 4.74 Å². The van der Waals surface area contributed by atoms with Gasteiger partial charge < -0.3 is 15.0 Å². The number of hydrogen-bond acceptors (Lipinski definition) is 5. The summed E-state index contributed by atoms with van der Waals surface area (Å²) in [7, 11) is -3.53. The lowest BCUT2D eigenvalue weighted by atomic mass is 10.2. The van der Waals surface area contributed by atoms with Crippen LogP contribution in [0, 0.1) is 11.6 Å². The molecule has 1 heterocycles. The number of benzene rings is 2. The summed E-state index contributed by atoms with van der Waals surface area (Å²) in [5.41, 5.74) is 0.843. The van der Waals surface area contributed by atoms with Gasteiger partial charge in [0.25, 0.3) is 5.91 Å². The monoisotopic (exact) mass is 439 g/mol. The SMILES string of the molecule is O=C(COc1ccccc1F)NCCS(=O)(=O)N1CCN(c2ccc(F)cc2)CC1. The highest BCUT2D eigenvalue weighted by Crippen LogP contribution is 2.18. The number of hydrogen-bond donors (Lipinski definition) is 1. The second kappa shape index (κ2) is 9.86. The van der Waals surface area contributed by atoms with Gasteiger partial charge in [0.15, 0.2) is 18.2 Å². The van der Waals surface area contributed by atoms with Gasteiger partial charge in [0.2, 0.25) is 10.0 Å². The van der Waals surface area contributed by atoms with Gasteiger partial charge in [-0.05, 0) is 36.4 Å². The van der Waals surface area contributed by atoms with E-state index in [1.54, 1.807) is 18.2 Å². The molecule has 2 aromatic rings. The molecule has 0 radical (unpaired) electrons. The molecular weight excluding hydrogens is 416 g/mol. The van der Waals surface area contributed by atoms with Crippen LogP contribution in [0.4, 0.5) is 14.5 Å². The van der Waals surface area contributed by atoms with Crippen molar-refractivity contribution in [3.8, 4) is 5.75 Å². The Balaban J connectivity index is 1.40. The Morgan fingerprint density at radius 3 is 2.33 bits per heavy atom. The van der Waals surface area contributed by atoms with Gasteiger partial charge in [0.1, 0.15) is 5.82 Å². The quantitative estimate of drug-likeness (QED) is 0.676. The summed E-state index contributed by atoms with van der Waals surface area (Å²) < 4.78 is 58.0. The Labute approximate surface area is 174 Å². The van der Waals surface area contributed by atoms with E-state index in [-0.39, 0.29) is 23.9 Å². The summed E-state index contributed by atoms with van der Waals surface area (Å²) in [6.07, 6.45) is 0. The summed E-state index contributed by atoms with van der Waals surface area (Å²) in [6, 6.07) is 11.8. The number of carbonyl (C=O) groups is 1. The molecule has 1 amide bonds. The number of nitrogens with one attached hydrogen (secondary N) is 1. The first-order chi connectivity index (χ1) is 14.3. The molecule has 0 saturated carbocycles. The van der Waals surface area contributed by atoms with E-state index in [2.05, 4.69) is 5.32 Å². The molecule has 0 atom stereocenters. The minimum Gasteiger partial charge on any atom is -0.481 e. The van der Waals surface area contributed by atoms with Gasteiger partial charge in [-0.25, -0.2) is 17.2 Å². The zero-order chi connectivity index (χ0) is 21.6. The van der Waals surface area contributed by atoms with Gasteiger partial charge in [0, 0.05) is 38.4 Å². The average molecular weight is 439 g/mol. The highest BCUT2D eigenvalue weighted by atomic mass is 32.2. The molecule has 1 saturated heterocycles. The largest absolute Gasteiger partial charge is 0.481 e. The number of sulfonamides is 1. The smallest absolute Gasteiger partial charge is 0.257 e. The molecule has 0 aromatic heterocycles.